The highest BCUT2D eigenvalue weighted by Crippen LogP contribution is 2.26. The molecule has 20 heavy (non-hydrogen) atoms. The van der Waals surface area contributed by atoms with Crippen LogP contribution in [0.2, 0.25) is 15.3 Å². The molecule has 100 valence electrons. The number of aromatic amines is 1. The molecule has 0 aliphatic carbocycles. The highest BCUT2D eigenvalue weighted by atomic mass is 35.5. The maximum Gasteiger partial charge on any atom is 0.198 e. The van der Waals surface area contributed by atoms with Gasteiger partial charge in [-0.1, -0.05) is 40.9 Å². The van der Waals surface area contributed by atoms with Crippen LogP contribution in [0.3, 0.4) is 0 Å². The number of hydrogen-bond acceptors (Lipinski definition) is 3. The van der Waals surface area contributed by atoms with Gasteiger partial charge in [-0.3, -0.25) is 4.79 Å². The number of nitrogens with zero attached hydrogens (tertiary/aromatic N) is 2. The van der Waals surface area contributed by atoms with Crippen LogP contribution in [-0.2, 0) is 0 Å². The second kappa shape index (κ2) is 5.05. The number of fused-ring (bicyclic) bond motifs is 1. The average Bonchev–Trinajstić information content (AvgIpc) is 2.83. The summed E-state index contributed by atoms with van der Waals surface area (Å²) >= 11 is 17.6. The number of halogens is 3. The number of ketones is 1. The van der Waals surface area contributed by atoms with Gasteiger partial charge in [0.2, 0.25) is 0 Å². The van der Waals surface area contributed by atoms with Crippen LogP contribution in [0, 0.1) is 0 Å². The van der Waals surface area contributed by atoms with Crippen LogP contribution in [0.1, 0.15) is 15.9 Å². The number of nitrogens with one attached hydrogen (secondary N) is 1. The third kappa shape index (κ3) is 2.26. The van der Waals surface area contributed by atoms with Crippen molar-refractivity contribution in [2.24, 2.45) is 0 Å². The third-order valence-electron chi connectivity index (χ3n) is 2.85. The van der Waals surface area contributed by atoms with E-state index in [0.29, 0.717) is 10.6 Å². The first kappa shape index (κ1) is 13.4. The van der Waals surface area contributed by atoms with Crippen LogP contribution in [0.5, 0.6) is 0 Å². The van der Waals surface area contributed by atoms with Gasteiger partial charge < -0.3 is 4.98 Å². The van der Waals surface area contributed by atoms with E-state index in [1.165, 1.54) is 6.07 Å². The fraction of sp³-hybridized carbons (Fsp3) is 0. The summed E-state index contributed by atoms with van der Waals surface area (Å²) in [6, 6.07) is 6.63. The Hall–Kier alpha value is -1.62. The minimum absolute atomic E-state index is 0.0164. The van der Waals surface area contributed by atoms with Crippen molar-refractivity contribution in [1.82, 2.24) is 15.2 Å². The highest BCUT2D eigenvalue weighted by Gasteiger charge is 2.18. The molecule has 3 aromatic rings. The molecule has 1 N–H and O–H groups in total. The van der Waals surface area contributed by atoms with Crippen LogP contribution in [0.25, 0.3) is 10.9 Å². The van der Waals surface area contributed by atoms with Gasteiger partial charge in [0.1, 0.15) is 0 Å². The van der Waals surface area contributed by atoms with Gasteiger partial charge in [0.05, 0.1) is 5.56 Å². The molecule has 0 spiro atoms. The lowest BCUT2D eigenvalue weighted by molar-refractivity contribution is 0.104. The van der Waals surface area contributed by atoms with Crippen LogP contribution in [0.4, 0.5) is 0 Å². The monoisotopic (exact) mass is 325 g/mol. The molecule has 0 bridgehead atoms. The summed E-state index contributed by atoms with van der Waals surface area (Å²) in [6.07, 6.45) is 1.61. The Morgan fingerprint density at radius 1 is 1.05 bits per heavy atom. The zero-order valence-corrected chi connectivity index (χ0v) is 12.1. The Kier molecular flexibility index (Phi) is 3.38. The summed E-state index contributed by atoms with van der Waals surface area (Å²) in [6.45, 7) is 0. The van der Waals surface area contributed by atoms with Crippen molar-refractivity contribution < 1.29 is 4.79 Å². The van der Waals surface area contributed by atoms with Crippen molar-refractivity contribution in [3.05, 3.63) is 56.9 Å². The van der Waals surface area contributed by atoms with Gasteiger partial charge >= 0.3 is 0 Å². The van der Waals surface area contributed by atoms with E-state index in [1.54, 1.807) is 24.4 Å². The Balaban J connectivity index is 2.15. The SMILES string of the molecule is O=C(c1cc(Cl)nnc1Cl)c1c[nH]c2cc(Cl)ccc12. The summed E-state index contributed by atoms with van der Waals surface area (Å²) in [5.41, 5.74) is 1.45. The fourth-order valence-corrected chi connectivity index (χ4v) is 2.44. The van der Waals surface area contributed by atoms with Gasteiger partial charge in [-0.25, -0.2) is 0 Å². The molecule has 1 aromatic carbocycles. The Morgan fingerprint density at radius 2 is 1.85 bits per heavy atom. The molecule has 0 aliphatic rings. The first-order valence-corrected chi connectivity index (χ1v) is 6.69. The summed E-state index contributed by atoms with van der Waals surface area (Å²) in [5, 5.41) is 8.69. The van der Waals surface area contributed by atoms with Crippen molar-refractivity contribution in [1.29, 1.82) is 0 Å². The van der Waals surface area contributed by atoms with E-state index >= 15 is 0 Å². The zero-order chi connectivity index (χ0) is 14.3. The predicted molar refractivity (Wildman–Crippen MR) is 78.8 cm³/mol. The van der Waals surface area contributed by atoms with E-state index in [-0.39, 0.29) is 21.7 Å². The van der Waals surface area contributed by atoms with Crippen molar-refractivity contribution in [2.45, 2.75) is 0 Å². The maximum atomic E-state index is 12.5. The first-order chi connectivity index (χ1) is 9.56. The average molecular weight is 327 g/mol. The Bertz CT molecular complexity index is 829. The number of aromatic nitrogens is 3. The van der Waals surface area contributed by atoms with Crippen molar-refractivity contribution >= 4 is 51.5 Å². The van der Waals surface area contributed by atoms with Gasteiger partial charge in [0.25, 0.3) is 0 Å². The van der Waals surface area contributed by atoms with Gasteiger partial charge in [0, 0.05) is 27.7 Å². The lowest BCUT2D eigenvalue weighted by atomic mass is 10.0. The zero-order valence-electron chi connectivity index (χ0n) is 9.82. The second-order valence-electron chi connectivity index (χ2n) is 4.09. The van der Waals surface area contributed by atoms with Crippen LogP contribution in [0.15, 0.2) is 30.5 Å². The van der Waals surface area contributed by atoms with E-state index in [1.807, 2.05) is 0 Å². The Labute approximate surface area is 128 Å². The number of rotatable bonds is 2. The molecule has 0 amide bonds. The number of carbonyl (C=O) groups excluding carboxylic acids is 1. The van der Waals surface area contributed by atoms with Gasteiger partial charge in [-0.05, 0) is 18.2 Å². The third-order valence-corrected chi connectivity index (χ3v) is 3.55. The molecule has 2 aromatic heterocycles. The molecule has 0 aliphatic heterocycles. The number of hydrogen-bond donors (Lipinski definition) is 1. The second-order valence-corrected chi connectivity index (χ2v) is 5.27. The van der Waals surface area contributed by atoms with Gasteiger partial charge in [-0.2, -0.15) is 0 Å². The van der Waals surface area contributed by atoms with Crippen LogP contribution >= 0.6 is 34.8 Å². The van der Waals surface area contributed by atoms with Crippen molar-refractivity contribution in [2.75, 3.05) is 0 Å². The molecule has 7 heteroatoms. The van der Waals surface area contributed by atoms with Gasteiger partial charge in [0.15, 0.2) is 16.1 Å². The number of benzene rings is 1. The van der Waals surface area contributed by atoms with E-state index in [0.717, 1.165) is 10.9 Å². The summed E-state index contributed by atoms with van der Waals surface area (Å²) in [7, 11) is 0. The van der Waals surface area contributed by atoms with Crippen LogP contribution in [-0.4, -0.2) is 21.0 Å². The summed E-state index contributed by atoms with van der Waals surface area (Å²) in [5.74, 6) is -0.277. The van der Waals surface area contributed by atoms with E-state index in [2.05, 4.69) is 15.2 Å². The minimum Gasteiger partial charge on any atom is -0.360 e. The van der Waals surface area contributed by atoms with Crippen LogP contribution < -0.4 is 0 Å². The first-order valence-electron chi connectivity index (χ1n) is 5.56. The standard InChI is InChI=1S/C13H6Cl3N3O/c14-6-1-2-7-9(5-17-10(7)3-6)12(20)8-4-11(15)18-19-13(8)16/h1-5,17H. The topological polar surface area (TPSA) is 58.6 Å². The summed E-state index contributed by atoms with van der Waals surface area (Å²) in [4.78, 5) is 15.5. The lowest BCUT2D eigenvalue weighted by Crippen LogP contribution is -2.03. The molecule has 2 heterocycles. The quantitative estimate of drug-likeness (QED) is 0.720. The van der Waals surface area contributed by atoms with E-state index in [9.17, 15) is 4.79 Å². The molecule has 4 nitrogen and oxygen atoms in total. The fourth-order valence-electron chi connectivity index (χ4n) is 1.94. The molecular weight excluding hydrogens is 321 g/mol. The van der Waals surface area contributed by atoms with E-state index in [4.69, 9.17) is 34.8 Å². The molecule has 0 radical (unpaired) electrons. The molecule has 0 fully saturated rings. The molecule has 0 saturated carbocycles. The van der Waals surface area contributed by atoms with E-state index < -0.39 is 0 Å². The molecular formula is C13H6Cl3N3O. The van der Waals surface area contributed by atoms with Crippen molar-refractivity contribution in [3.8, 4) is 0 Å². The largest absolute Gasteiger partial charge is 0.360 e. The Morgan fingerprint density at radius 3 is 2.65 bits per heavy atom. The normalized spacial score (nSPS) is 10.9. The lowest BCUT2D eigenvalue weighted by Gasteiger charge is -2.02. The number of carbonyl (C=O) groups is 1. The molecule has 0 saturated heterocycles. The maximum absolute atomic E-state index is 12.5. The number of H-pyrrole nitrogens is 1. The van der Waals surface area contributed by atoms with Crippen molar-refractivity contribution in [3.63, 3.8) is 0 Å². The smallest absolute Gasteiger partial charge is 0.198 e. The highest BCUT2D eigenvalue weighted by molar-refractivity contribution is 6.36. The predicted octanol–water partition coefficient (Wildman–Crippen LogP) is 4.15. The minimum atomic E-state index is -0.277. The van der Waals surface area contributed by atoms with Gasteiger partial charge in [-0.15, -0.1) is 10.2 Å². The summed E-state index contributed by atoms with van der Waals surface area (Å²) < 4.78 is 0. The molecule has 0 atom stereocenters. The molecule has 0 unspecified atom stereocenters. The molecule has 3 rings (SSSR count).